The lowest BCUT2D eigenvalue weighted by Crippen LogP contribution is -2.12. The Morgan fingerprint density at radius 2 is 2.33 bits per heavy atom. The topological polar surface area (TPSA) is 88.2 Å². The Balaban J connectivity index is 2.07. The molecular weight excluding hydrogens is 250 g/mol. The standard InChI is InChI=1S/C12H13N3O2S/c13-5-4-11-15-10(7-18-11)12(17)14-8-2-1-3-9(16)6-8/h1-3,6-7,16H,4-5,13H2,(H,14,17). The van der Waals surface area contributed by atoms with Gasteiger partial charge in [0.05, 0.1) is 5.01 Å². The van der Waals surface area contributed by atoms with Gasteiger partial charge in [0, 0.05) is 23.6 Å². The predicted molar refractivity (Wildman–Crippen MR) is 70.9 cm³/mol. The first-order chi connectivity index (χ1) is 8.69. The Labute approximate surface area is 108 Å². The van der Waals surface area contributed by atoms with E-state index in [1.807, 2.05) is 0 Å². The highest BCUT2D eigenvalue weighted by Crippen LogP contribution is 2.17. The van der Waals surface area contributed by atoms with Gasteiger partial charge in [-0.1, -0.05) is 6.07 Å². The first-order valence-electron chi connectivity index (χ1n) is 5.44. The largest absolute Gasteiger partial charge is 0.508 e. The van der Waals surface area contributed by atoms with Crippen LogP contribution in [-0.4, -0.2) is 22.5 Å². The van der Waals surface area contributed by atoms with Crippen molar-refractivity contribution in [2.24, 2.45) is 5.73 Å². The smallest absolute Gasteiger partial charge is 0.275 e. The second-order valence-corrected chi connectivity index (χ2v) is 4.61. The summed E-state index contributed by atoms with van der Waals surface area (Å²) in [7, 11) is 0. The van der Waals surface area contributed by atoms with E-state index in [2.05, 4.69) is 10.3 Å². The molecule has 0 unspecified atom stereocenters. The number of thiazole rings is 1. The highest BCUT2D eigenvalue weighted by atomic mass is 32.1. The molecule has 0 spiro atoms. The van der Waals surface area contributed by atoms with Gasteiger partial charge in [0.25, 0.3) is 5.91 Å². The molecule has 2 rings (SSSR count). The van der Waals surface area contributed by atoms with Crippen molar-refractivity contribution in [3.63, 3.8) is 0 Å². The van der Waals surface area contributed by atoms with Crippen LogP contribution in [0.5, 0.6) is 5.75 Å². The third-order valence-corrected chi connectivity index (χ3v) is 3.16. The predicted octanol–water partition coefficient (Wildman–Crippen LogP) is 1.60. The molecule has 0 bridgehead atoms. The van der Waals surface area contributed by atoms with Crippen molar-refractivity contribution in [1.29, 1.82) is 0 Å². The van der Waals surface area contributed by atoms with Crippen molar-refractivity contribution < 1.29 is 9.90 Å². The zero-order valence-electron chi connectivity index (χ0n) is 9.59. The van der Waals surface area contributed by atoms with Gasteiger partial charge in [-0.25, -0.2) is 4.98 Å². The summed E-state index contributed by atoms with van der Waals surface area (Å²) in [6.07, 6.45) is 0.671. The molecule has 0 radical (unpaired) electrons. The van der Waals surface area contributed by atoms with E-state index in [4.69, 9.17) is 5.73 Å². The Morgan fingerprint density at radius 1 is 1.50 bits per heavy atom. The Bertz CT molecular complexity index is 554. The zero-order valence-corrected chi connectivity index (χ0v) is 10.4. The number of amides is 1. The van der Waals surface area contributed by atoms with Crippen LogP contribution in [0.15, 0.2) is 29.6 Å². The molecule has 6 heteroatoms. The van der Waals surface area contributed by atoms with Gasteiger partial charge < -0.3 is 16.2 Å². The van der Waals surface area contributed by atoms with Crippen LogP contribution in [0.1, 0.15) is 15.5 Å². The van der Waals surface area contributed by atoms with Gasteiger partial charge >= 0.3 is 0 Å². The lowest BCUT2D eigenvalue weighted by atomic mass is 10.3. The third-order valence-electron chi connectivity index (χ3n) is 2.25. The summed E-state index contributed by atoms with van der Waals surface area (Å²) >= 11 is 1.41. The molecule has 0 aliphatic carbocycles. The number of rotatable bonds is 4. The number of carbonyl (C=O) groups is 1. The summed E-state index contributed by atoms with van der Waals surface area (Å²) in [5.74, 6) is -0.185. The van der Waals surface area contributed by atoms with Crippen molar-refractivity contribution in [3.8, 4) is 5.75 Å². The summed E-state index contributed by atoms with van der Waals surface area (Å²) in [4.78, 5) is 16.0. The van der Waals surface area contributed by atoms with E-state index in [1.54, 1.807) is 17.5 Å². The number of anilines is 1. The van der Waals surface area contributed by atoms with Gasteiger partial charge in [0.1, 0.15) is 11.4 Å². The number of benzene rings is 1. The summed E-state index contributed by atoms with van der Waals surface area (Å²) in [6.45, 7) is 0.515. The van der Waals surface area contributed by atoms with Gasteiger partial charge in [-0.3, -0.25) is 4.79 Å². The van der Waals surface area contributed by atoms with Crippen LogP contribution in [0.2, 0.25) is 0 Å². The van der Waals surface area contributed by atoms with Crippen LogP contribution in [0.4, 0.5) is 5.69 Å². The summed E-state index contributed by atoms with van der Waals surface area (Å²) < 4.78 is 0. The van der Waals surface area contributed by atoms with E-state index in [0.717, 1.165) is 5.01 Å². The maximum absolute atomic E-state index is 11.9. The highest BCUT2D eigenvalue weighted by Gasteiger charge is 2.10. The fraction of sp³-hybridized carbons (Fsp3) is 0.167. The highest BCUT2D eigenvalue weighted by molar-refractivity contribution is 7.09. The molecule has 94 valence electrons. The second-order valence-electron chi connectivity index (χ2n) is 3.67. The summed E-state index contributed by atoms with van der Waals surface area (Å²) in [5.41, 5.74) is 6.33. The van der Waals surface area contributed by atoms with E-state index in [1.165, 1.54) is 23.5 Å². The molecule has 0 aliphatic heterocycles. The lowest BCUT2D eigenvalue weighted by Gasteiger charge is -2.03. The first-order valence-corrected chi connectivity index (χ1v) is 6.32. The molecule has 4 N–H and O–H groups in total. The molecule has 0 atom stereocenters. The molecule has 1 amide bonds. The summed E-state index contributed by atoms with van der Waals surface area (Å²) in [5, 5.41) is 14.5. The van der Waals surface area contributed by atoms with Crippen molar-refractivity contribution in [2.45, 2.75) is 6.42 Å². The second kappa shape index (κ2) is 5.61. The number of hydrogen-bond donors (Lipinski definition) is 3. The van der Waals surface area contributed by atoms with E-state index < -0.39 is 0 Å². The van der Waals surface area contributed by atoms with Gasteiger partial charge in [0.15, 0.2) is 0 Å². The maximum atomic E-state index is 11.9. The third kappa shape index (κ3) is 3.06. The number of carbonyl (C=O) groups excluding carboxylic acids is 1. The number of aromatic nitrogens is 1. The lowest BCUT2D eigenvalue weighted by molar-refractivity contribution is 0.102. The van der Waals surface area contributed by atoms with Crippen molar-refractivity contribution in [3.05, 3.63) is 40.3 Å². The molecule has 0 saturated carbocycles. The van der Waals surface area contributed by atoms with Gasteiger partial charge in [-0.2, -0.15) is 0 Å². The van der Waals surface area contributed by atoms with Gasteiger partial charge in [-0.05, 0) is 18.7 Å². The van der Waals surface area contributed by atoms with Crippen molar-refractivity contribution >= 4 is 22.9 Å². The number of nitrogens with zero attached hydrogens (tertiary/aromatic N) is 1. The van der Waals surface area contributed by atoms with E-state index >= 15 is 0 Å². The quantitative estimate of drug-likeness (QED) is 0.781. The van der Waals surface area contributed by atoms with Crippen LogP contribution < -0.4 is 11.1 Å². The van der Waals surface area contributed by atoms with Crippen molar-refractivity contribution in [2.75, 3.05) is 11.9 Å². The molecular formula is C12H13N3O2S. The molecule has 2 aromatic rings. The Hall–Kier alpha value is -1.92. The Morgan fingerprint density at radius 3 is 3.06 bits per heavy atom. The van der Waals surface area contributed by atoms with E-state index in [9.17, 15) is 9.90 Å². The molecule has 0 aliphatic rings. The number of aromatic hydroxyl groups is 1. The number of phenolic OH excluding ortho intramolecular Hbond substituents is 1. The van der Waals surface area contributed by atoms with E-state index in [-0.39, 0.29) is 11.7 Å². The fourth-order valence-electron chi connectivity index (χ4n) is 1.43. The maximum Gasteiger partial charge on any atom is 0.275 e. The first kappa shape index (κ1) is 12.5. The average Bonchev–Trinajstić information content (AvgIpc) is 2.78. The molecule has 1 heterocycles. The minimum atomic E-state index is -0.292. The fourth-order valence-corrected chi connectivity index (χ4v) is 2.23. The SMILES string of the molecule is NCCc1nc(C(=O)Nc2cccc(O)c2)cs1. The van der Waals surface area contributed by atoms with Crippen LogP contribution in [0.25, 0.3) is 0 Å². The van der Waals surface area contributed by atoms with Crippen LogP contribution in [-0.2, 0) is 6.42 Å². The number of hydrogen-bond acceptors (Lipinski definition) is 5. The average molecular weight is 263 g/mol. The minimum Gasteiger partial charge on any atom is -0.508 e. The summed E-state index contributed by atoms with van der Waals surface area (Å²) in [6, 6.07) is 6.37. The normalized spacial score (nSPS) is 10.3. The molecule has 1 aromatic carbocycles. The van der Waals surface area contributed by atoms with E-state index in [0.29, 0.717) is 24.3 Å². The van der Waals surface area contributed by atoms with Crippen LogP contribution >= 0.6 is 11.3 Å². The van der Waals surface area contributed by atoms with Gasteiger partial charge in [-0.15, -0.1) is 11.3 Å². The van der Waals surface area contributed by atoms with Crippen molar-refractivity contribution in [1.82, 2.24) is 4.98 Å². The zero-order chi connectivity index (χ0) is 13.0. The van der Waals surface area contributed by atoms with Crippen LogP contribution in [0, 0.1) is 0 Å². The molecule has 0 fully saturated rings. The van der Waals surface area contributed by atoms with Crippen LogP contribution in [0.3, 0.4) is 0 Å². The number of nitrogens with two attached hydrogens (primary N) is 1. The number of nitrogens with one attached hydrogen (secondary N) is 1. The Kier molecular flexibility index (Phi) is 3.91. The molecule has 1 aromatic heterocycles. The monoisotopic (exact) mass is 263 g/mol. The van der Waals surface area contributed by atoms with Gasteiger partial charge in [0.2, 0.25) is 0 Å². The molecule has 5 nitrogen and oxygen atoms in total. The minimum absolute atomic E-state index is 0.106. The number of phenols is 1. The molecule has 18 heavy (non-hydrogen) atoms. The molecule has 0 saturated heterocycles.